The van der Waals surface area contributed by atoms with Gasteiger partial charge in [0.05, 0.1) is 18.8 Å². The van der Waals surface area contributed by atoms with E-state index in [0.717, 1.165) is 12.8 Å². The maximum absolute atomic E-state index is 11.3. The third-order valence-electron chi connectivity index (χ3n) is 4.07. The summed E-state index contributed by atoms with van der Waals surface area (Å²) in [6, 6.07) is 0. The van der Waals surface area contributed by atoms with Gasteiger partial charge in [-0.05, 0) is 37.5 Å². The molecule has 2 saturated carbocycles. The fourth-order valence-corrected chi connectivity index (χ4v) is 3.24. The molecule has 0 aliphatic heterocycles. The lowest BCUT2D eigenvalue weighted by Crippen LogP contribution is -2.39. The summed E-state index contributed by atoms with van der Waals surface area (Å²) in [7, 11) is 1.64. The molecule has 0 radical (unpaired) electrons. The molecule has 0 aromatic carbocycles. The number of rotatable bonds is 4. The van der Waals surface area contributed by atoms with Gasteiger partial charge in [0.15, 0.2) is 0 Å². The van der Waals surface area contributed by atoms with Crippen LogP contribution >= 0.6 is 0 Å². The molecule has 0 amide bonds. The molecule has 1 N–H and O–H groups in total. The smallest absolute Gasteiger partial charge is 0.333 e. The van der Waals surface area contributed by atoms with E-state index in [2.05, 4.69) is 6.58 Å². The Morgan fingerprint density at radius 2 is 2.18 bits per heavy atom. The van der Waals surface area contributed by atoms with Crippen LogP contribution in [-0.2, 0) is 14.3 Å². The third kappa shape index (κ3) is 2.24. The molecule has 96 valence electrons. The zero-order valence-corrected chi connectivity index (χ0v) is 10.4. The molecule has 4 heteroatoms. The average molecular weight is 240 g/mol. The summed E-state index contributed by atoms with van der Waals surface area (Å²) in [5.41, 5.74) is 0.420. The summed E-state index contributed by atoms with van der Waals surface area (Å²) in [4.78, 5) is 11.3. The lowest BCUT2D eigenvalue weighted by molar-refractivity contribution is -0.142. The zero-order valence-electron chi connectivity index (χ0n) is 10.4. The lowest BCUT2D eigenvalue weighted by Gasteiger charge is -2.31. The predicted octanol–water partition coefficient (Wildman–Crippen LogP) is 1.14. The molecule has 5 atom stereocenters. The van der Waals surface area contributed by atoms with Crippen molar-refractivity contribution in [1.82, 2.24) is 0 Å². The average Bonchev–Trinajstić information content (AvgIpc) is 2.82. The Hall–Kier alpha value is -0.870. The van der Waals surface area contributed by atoms with Gasteiger partial charge >= 0.3 is 5.97 Å². The van der Waals surface area contributed by atoms with Crippen molar-refractivity contribution in [2.75, 3.05) is 13.7 Å². The van der Waals surface area contributed by atoms with Crippen molar-refractivity contribution in [3.8, 4) is 0 Å². The molecule has 0 aromatic heterocycles. The van der Waals surface area contributed by atoms with Crippen LogP contribution in [0.5, 0.6) is 0 Å². The van der Waals surface area contributed by atoms with Gasteiger partial charge in [-0.25, -0.2) is 4.79 Å². The Labute approximate surface area is 102 Å². The molecule has 4 nitrogen and oxygen atoms in total. The first kappa shape index (κ1) is 12.6. The van der Waals surface area contributed by atoms with Gasteiger partial charge in [0.25, 0.3) is 0 Å². The van der Waals surface area contributed by atoms with Gasteiger partial charge < -0.3 is 14.6 Å². The van der Waals surface area contributed by atoms with Gasteiger partial charge in [0, 0.05) is 12.7 Å². The molecular formula is C13H20O4. The molecule has 0 aromatic rings. The van der Waals surface area contributed by atoms with E-state index in [0.29, 0.717) is 18.1 Å². The van der Waals surface area contributed by atoms with Crippen LogP contribution in [0.25, 0.3) is 0 Å². The number of aliphatic hydroxyl groups is 1. The van der Waals surface area contributed by atoms with Crippen LogP contribution in [0.2, 0.25) is 0 Å². The Bertz CT molecular complexity index is 323. The van der Waals surface area contributed by atoms with Crippen molar-refractivity contribution < 1.29 is 19.4 Å². The van der Waals surface area contributed by atoms with E-state index in [9.17, 15) is 9.90 Å². The number of carbonyl (C=O) groups excluding carboxylic acids is 1. The van der Waals surface area contributed by atoms with Gasteiger partial charge in [-0.2, -0.15) is 0 Å². The van der Waals surface area contributed by atoms with E-state index >= 15 is 0 Å². The first-order valence-electron chi connectivity index (χ1n) is 6.08. The minimum Gasteiger partial charge on any atom is -0.462 e. The van der Waals surface area contributed by atoms with E-state index in [1.165, 1.54) is 0 Å². The fourth-order valence-electron chi connectivity index (χ4n) is 3.24. The highest BCUT2D eigenvalue weighted by Gasteiger charge is 2.52. The summed E-state index contributed by atoms with van der Waals surface area (Å²) < 4.78 is 10.5. The van der Waals surface area contributed by atoms with E-state index in [1.54, 1.807) is 14.0 Å². The Morgan fingerprint density at radius 1 is 1.47 bits per heavy atom. The molecule has 2 aliphatic carbocycles. The first-order chi connectivity index (χ1) is 8.04. The number of methoxy groups -OCH3 is 1. The normalized spacial score (nSPS) is 39.4. The second-order valence-corrected chi connectivity index (χ2v) is 5.23. The molecular weight excluding hydrogens is 220 g/mol. The molecule has 2 rings (SSSR count). The quantitative estimate of drug-likeness (QED) is 0.591. The third-order valence-corrected chi connectivity index (χ3v) is 4.07. The largest absolute Gasteiger partial charge is 0.462 e. The molecule has 0 spiro atoms. The number of carbonyl (C=O) groups is 1. The molecule has 2 aliphatic rings. The van der Waals surface area contributed by atoms with Crippen molar-refractivity contribution in [3.05, 3.63) is 12.2 Å². The van der Waals surface area contributed by atoms with Crippen LogP contribution in [-0.4, -0.2) is 37.0 Å². The second-order valence-electron chi connectivity index (χ2n) is 5.23. The number of fused-ring (bicyclic) bond motifs is 2. The number of hydrogen-bond acceptors (Lipinski definition) is 4. The molecule has 5 unspecified atom stereocenters. The standard InChI is InChI=1S/C13H20O4/c1-7(2)13(15)17-6-9-4-8-5-10(9)11(14)12(8)16-3/h8-12,14H,1,4-6H2,2-3H3. The highest BCUT2D eigenvalue weighted by atomic mass is 16.5. The van der Waals surface area contributed by atoms with Gasteiger partial charge in [-0.1, -0.05) is 6.58 Å². The van der Waals surface area contributed by atoms with Crippen LogP contribution in [0.15, 0.2) is 12.2 Å². The van der Waals surface area contributed by atoms with Gasteiger partial charge in [0.2, 0.25) is 0 Å². The van der Waals surface area contributed by atoms with Crippen molar-refractivity contribution in [2.24, 2.45) is 17.8 Å². The van der Waals surface area contributed by atoms with E-state index in [1.807, 2.05) is 0 Å². The van der Waals surface area contributed by atoms with Gasteiger partial charge in [-0.3, -0.25) is 0 Å². The van der Waals surface area contributed by atoms with Crippen molar-refractivity contribution in [2.45, 2.75) is 32.0 Å². The fraction of sp³-hybridized carbons (Fsp3) is 0.769. The molecule has 2 fully saturated rings. The summed E-state index contributed by atoms with van der Waals surface area (Å²) in [6.45, 7) is 5.57. The van der Waals surface area contributed by atoms with Crippen molar-refractivity contribution >= 4 is 5.97 Å². The van der Waals surface area contributed by atoms with Crippen LogP contribution in [0.3, 0.4) is 0 Å². The second kappa shape index (κ2) is 4.78. The summed E-state index contributed by atoms with van der Waals surface area (Å²) >= 11 is 0. The Kier molecular flexibility index (Phi) is 3.54. The molecule has 0 saturated heterocycles. The van der Waals surface area contributed by atoms with E-state index in [-0.39, 0.29) is 23.9 Å². The number of aliphatic hydroxyl groups excluding tert-OH is 1. The van der Waals surface area contributed by atoms with Crippen molar-refractivity contribution in [1.29, 1.82) is 0 Å². The van der Waals surface area contributed by atoms with E-state index < -0.39 is 6.10 Å². The molecule has 2 bridgehead atoms. The van der Waals surface area contributed by atoms with Crippen LogP contribution in [0.1, 0.15) is 19.8 Å². The van der Waals surface area contributed by atoms with Gasteiger partial charge in [0.1, 0.15) is 0 Å². The summed E-state index contributed by atoms with van der Waals surface area (Å²) in [6.07, 6.45) is 1.51. The monoisotopic (exact) mass is 240 g/mol. The highest BCUT2D eigenvalue weighted by molar-refractivity contribution is 5.86. The number of ether oxygens (including phenoxy) is 2. The summed E-state index contributed by atoms with van der Waals surface area (Å²) in [5.74, 6) is 0.548. The number of hydrogen-bond donors (Lipinski definition) is 1. The van der Waals surface area contributed by atoms with Crippen LogP contribution in [0, 0.1) is 17.8 Å². The van der Waals surface area contributed by atoms with E-state index in [4.69, 9.17) is 9.47 Å². The van der Waals surface area contributed by atoms with Gasteiger partial charge in [-0.15, -0.1) is 0 Å². The maximum Gasteiger partial charge on any atom is 0.333 e. The minimum absolute atomic E-state index is 0.0342. The zero-order chi connectivity index (χ0) is 12.6. The Balaban J connectivity index is 1.86. The SMILES string of the molecule is C=C(C)C(=O)OCC1CC2CC1C(O)C2OC. The molecule has 0 heterocycles. The van der Waals surface area contributed by atoms with Crippen LogP contribution < -0.4 is 0 Å². The maximum atomic E-state index is 11.3. The predicted molar refractivity (Wildman–Crippen MR) is 62.3 cm³/mol. The molecule has 17 heavy (non-hydrogen) atoms. The number of esters is 1. The van der Waals surface area contributed by atoms with Crippen LogP contribution in [0.4, 0.5) is 0 Å². The minimum atomic E-state index is -0.410. The first-order valence-corrected chi connectivity index (χ1v) is 6.08. The highest BCUT2D eigenvalue weighted by Crippen LogP contribution is 2.49. The summed E-state index contributed by atoms with van der Waals surface area (Å²) in [5, 5.41) is 10.0. The Morgan fingerprint density at radius 3 is 2.71 bits per heavy atom. The lowest BCUT2D eigenvalue weighted by atomic mass is 9.85. The van der Waals surface area contributed by atoms with Crippen molar-refractivity contribution in [3.63, 3.8) is 0 Å². The topological polar surface area (TPSA) is 55.8 Å².